The lowest BCUT2D eigenvalue weighted by Gasteiger charge is -1.99. The zero-order valence-corrected chi connectivity index (χ0v) is 11.0. The van der Waals surface area contributed by atoms with E-state index in [0.717, 1.165) is 5.52 Å². The van der Waals surface area contributed by atoms with Gasteiger partial charge in [0.15, 0.2) is 5.58 Å². The van der Waals surface area contributed by atoms with E-state index in [2.05, 4.69) is 15.0 Å². The molecule has 1 heterocycles. The van der Waals surface area contributed by atoms with Crippen molar-refractivity contribution in [1.82, 2.24) is 10.3 Å². The predicted octanol–water partition coefficient (Wildman–Crippen LogP) is 1.52. The quantitative estimate of drug-likeness (QED) is 0.660. The Bertz CT molecular complexity index is 612. The van der Waals surface area contributed by atoms with Gasteiger partial charge in [-0.15, -0.1) is 0 Å². The van der Waals surface area contributed by atoms with E-state index in [1.165, 1.54) is 19.3 Å². The molecule has 0 aliphatic heterocycles. The molecule has 0 bridgehead atoms. The topological polar surface area (TPSA) is 81.4 Å². The van der Waals surface area contributed by atoms with Crippen LogP contribution in [0.1, 0.15) is 12.3 Å². The first kappa shape index (κ1) is 13.8. The summed E-state index contributed by atoms with van der Waals surface area (Å²) >= 11 is 0. The summed E-state index contributed by atoms with van der Waals surface area (Å²) < 4.78 is 9.89. The summed E-state index contributed by atoms with van der Waals surface area (Å²) in [6.45, 7) is 0.226. The van der Waals surface area contributed by atoms with Crippen LogP contribution in [0.5, 0.6) is 0 Å². The van der Waals surface area contributed by atoms with Crippen LogP contribution in [0.4, 0.5) is 0 Å². The van der Waals surface area contributed by atoms with Crippen molar-refractivity contribution in [3.05, 3.63) is 36.2 Å². The maximum absolute atomic E-state index is 11.5. The molecule has 20 heavy (non-hydrogen) atoms. The van der Waals surface area contributed by atoms with Crippen LogP contribution in [-0.4, -0.2) is 30.5 Å². The van der Waals surface area contributed by atoms with E-state index in [-0.39, 0.29) is 24.8 Å². The molecular weight excluding hydrogens is 260 g/mol. The van der Waals surface area contributed by atoms with E-state index in [9.17, 15) is 9.59 Å². The molecule has 1 aromatic carbocycles. The first-order valence-corrected chi connectivity index (χ1v) is 6.07. The first-order valence-electron chi connectivity index (χ1n) is 6.07. The predicted molar refractivity (Wildman–Crippen MR) is 72.7 cm³/mol. The highest BCUT2D eigenvalue weighted by atomic mass is 16.5. The molecule has 1 N–H and O–H groups in total. The number of ether oxygens (including phenoxy) is 1. The van der Waals surface area contributed by atoms with Gasteiger partial charge >= 0.3 is 5.97 Å². The molecule has 0 saturated carbocycles. The summed E-state index contributed by atoms with van der Waals surface area (Å²) in [5, 5.41) is 2.56. The Morgan fingerprint density at radius 2 is 2.20 bits per heavy atom. The zero-order chi connectivity index (χ0) is 14.4. The van der Waals surface area contributed by atoms with Crippen molar-refractivity contribution in [1.29, 1.82) is 0 Å². The molecule has 6 nitrogen and oxygen atoms in total. The largest absolute Gasteiger partial charge is 0.469 e. The molecule has 2 aromatic rings. The van der Waals surface area contributed by atoms with Crippen molar-refractivity contribution in [3.8, 4) is 0 Å². The summed E-state index contributed by atoms with van der Waals surface area (Å²) in [4.78, 5) is 26.5. The number of amides is 1. The number of benzene rings is 1. The van der Waals surface area contributed by atoms with E-state index in [0.29, 0.717) is 11.5 Å². The molecule has 1 amide bonds. The summed E-state index contributed by atoms with van der Waals surface area (Å²) in [6, 6.07) is 7.33. The number of rotatable bonds is 5. The molecule has 0 aliphatic carbocycles. The molecule has 6 heteroatoms. The number of para-hydroxylation sites is 2. The summed E-state index contributed by atoms with van der Waals surface area (Å²) in [6.07, 6.45) is 2.93. The van der Waals surface area contributed by atoms with Crippen molar-refractivity contribution >= 4 is 29.1 Å². The van der Waals surface area contributed by atoms with Gasteiger partial charge in [-0.2, -0.15) is 0 Å². The van der Waals surface area contributed by atoms with Gasteiger partial charge in [-0.25, -0.2) is 4.98 Å². The second-order valence-electron chi connectivity index (χ2n) is 3.97. The highest BCUT2D eigenvalue weighted by Gasteiger charge is 2.03. The lowest BCUT2D eigenvalue weighted by Crippen LogP contribution is -2.24. The number of esters is 1. The van der Waals surface area contributed by atoms with Crippen molar-refractivity contribution in [2.45, 2.75) is 6.42 Å². The lowest BCUT2D eigenvalue weighted by atomic mass is 10.3. The fraction of sp³-hybridized carbons (Fsp3) is 0.214. The van der Waals surface area contributed by atoms with Gasteiger partial charge in [-0.3, -0.25) is 9.59 Å². The Labute approximate surface area is 115 Å². The minimum Gasteiger partial charge on any atom is -0.469 e. The molecule has 1 aromatic heterocycles. The second kappa shape index (κ2) is 6.51. The van der Waals surface area contributed by atoms with Crippen molar-refractivity contribution in [2.75, 3.05) is 13.7 Å². The van der Waals surface area contributed by atoms with Gasteiger partial charge in [-0.05, 0) is 12.1 Å². The van der Waals surface area contributed by atoms with E-state index >= 15 is 0 Å². The Morgan fingerprint density at radius 3 is 2.95 bits per heavy atom. The number of fused-ring (bicyclic) bond motifs is 1. The third-order valence-electron chi connectivity index (χ3n) is 2.54. The van der Waals surface area contributed by atoms with Crippen LogP contribution in [0.15, 0.2) is 34.8 Å². The molecule has 0 aliphatic rings. The number of carbonyl (C=O) groups is 2. The summed E-state index contributed by atoms with van der Waals surface area (Å²) in [5.41, 5.74) is 1.40. The van der Waals surface area contributed by atoms with Gasteiger partial charge in [0.05, 0.1) is 13.5 Å². The minimum atomic E-state index is -0.367. The standard InChI is InChI=1S/C14H14N2O4/c1-19-14(18)8-9-15-12(17)6-7-13-16-10-4-2-3-5-11(10)20-13/h2-7H,8-9H2,1H3,(H,15,17). The minimum absolute atomic E-state index is 0.138. The van der Waals surface area contributed by atoms with Crippen LogP contribution in [0.2, 0.25) is 0 Å². The highest BCUT2D eigenvalue weighted by molar-refractivity contribution is 5.91. The average Bonchev–Trinajstić information content (AvgIpc) is 2.87. The second-order valence-corrected chi connectivity index (χ2v) is 3.97. The number of nitrogens with zero attached hydrogens (tertiary/aromatic N) is 1. The van der Waals surface area contributed by atoms with Crippen LogP contribution >= 0.6 is 0 Å². The van der Waals surface area contributed by atoms with Crippen LogP contribution in [0, 0.1) is 0 Å². The monoisotopic (exact) mass is 274 g/mol. The summed E-state index contributed by atoms with van der Waals surface area (Å²) in [7, 11) is 1.30. The maximum Gasteiger partial charge on any atom is 0.307 e. The first-order chi connectivity index (χ1) is 9.69. The average molecular weight is 274 g/mol. The maximum atomic E-state index is 11.5. The van der Waals surface area contributed by atoms with E-state index in [1.807, 2.05) is 18.2 Å². The van der Waals surface area contributed by atoms with Crippen molar-refractivity contribution in [2.24, 2.45) is 0 Å². The van der Waals surface area contributed by atoms with Gasteiger partial charge in [0.25, 0.3) is 0 Å². The third-order valence-corrected chi connectivity index (χ3v) is 2.54. The molecule has 0 fully saturated rings. The number of hydrogen-bond acceptors (Lipinski definition) is 5. The van der Waals surface area contributed by atoms with Gasteiger partial charge < -0.3 is 14.5 Å². The van der Waals surface area contributed by atoms with E-state index < -0.39 is 0 Å². The number of oxazole rings is 1. The Balaban J connectivity index is 1.88. The molecule has 0 saturated heterocycles. The number of hydrogen-bond donors (Lipinski definition) is 1. The molecule has 0 spiro atoms. The fourth-order valence-electron chi connectivity index (χ4n) is 1.56. The SMILES string of the molecule is COC(=O)CCNC(=O)C=Cc1nc2ccccc2o1. The van der Waals surface area contributed by atoms with Crippen LogP contribution in [0.25, 0.3) is 17.2 Å². The fourth-order valence-corrected chi connectivity index (χ4v) is 1.56. The smallest absolute Gasteiger partial charge is 0.307 e. The van der Waals surface area contributed by atoms with Crippen molar-refractivity contribution < 1.29 is 18.7 Å². The van der Waals surface area contributed by atoms with Crippen LogP contribution in [-0.2, 0) is 14.3 Å². The molecule has 2 rings (SSSR count). The molecule has 104 valence electrons. The van der Waals surface area contributed by atoms with Gasteiger partial charge in [-0.1, -0.05) is 12.1 Å². The highest BCUT2D eigenvalue weighted by Crippen LogP contribution is 2.15. The Morgan fingerprint density at radius 1 is 1.40 bits per heavy atom. The van der Waals surface area contributed by atoms with Gasteiger partial charge in [0.1, 0.15) is 5.52 Å². The van der Waals surface area contributed by atoms with Gasteiger partial charge in [0.2, 0.25) is 11.8 Å². The van der Waals surface area contributed by atoms with Crippen molar-refractivity contribution in [3.63, 3.8) is 0 Å². The zero-order valence-electron chi connectivity index (χ0n) is 11.0. The molecule has 0 radical (unpaired) electrons. The number of nitrogens with one attached hydrogen (secondary N) is 1. The number of methoxy groups -OCH3 is 1. The van der Waals surface area contributed by atoms with E-state index in [4.69, 9.17) is 4.42 Å². The summed E-state index contributed by atoms with van der Waals surface area (Å²) in [5.74, 6) is -0.335. The molecule has 0 atom stereocenters. The Hall–Kier alpha value is -2.63. The molecular formula is C14H14N2O4. The lowest BCUT2D eigenvalue weighted by molar-refractivity contribution is -0.140. The van der Waals surface area contributed by atoms with Crippen LogP contribution in [0.3, 0.4) is 0 Å². The van der Waals surface area contributed by atoms with Crippen LogP contribution < -0.4 is 5.32 Å². The normalized spacial score (nSPS) is 10.8. The van der Waals surface area contributed by atoms with Gasteiger partial charge in [0, 0.05) is 18.7 Å². The van der Waals surface area contributed by atoms with E-state index in [1.54, 1.807) is 6.07 Å². The molecule has 0 unspecified atom stereocenters. The third kappa shape index (κ3) is 3.68. The Kier molecular flexibility index (Phi) is 4.49. The number of aromatic nitrogens is 1. The number of carbonyl (C=O) groups excluding carboxylic acids is 2.